The van der Waals surface area contributed by atoms with Gasteiger partial charge in [-0.3, -0.25) is 4.90 Å². The summed E-state index contributed by atoms with van der Waals surface area (Å²) in [6.45, 7) is 7.55. The molecule has 0 saturated carbocycles. The first kappa shape index (κ1) is 17.3. The second kappa shape index (κ2) is 8.50. The fourth-order valence-electron chi connectivity index (χ4n) is 2.58. The van der Waals surface area contributed by atoms with E-state index in [2.05, 4.69) is 55.4 Å². The lowest BCUT2D eigenvalue weighted by atomic mass is 10.0. The van der Waals surface area contributed by atoms with E-state index in [1.54, 1.807) is 0 Å². The minimum atomic E-state index is 0. The van der Waals surface area contributed by atoms with Gasteiger partial charge in [0.1, 0.15) is 5.75 Å². The number of hydrogen-bond donors (Lipinski definition) is 1. The molecule has 0 radical (unpaired) electrons. The molecule has 0 aromatic heterocycles. The van der Waals surface area contributed by atoms with Gasteiger partial charge >= 0.3 is 0 Å². The van der Waals surface area contributed by atoms with E-state index in [4.69, 9.17) is 4.74 Å². The monoisotopic (exact) mass is 298 g/mol. The summed E-state index contributed by atoms with van der Waals surface area (Å²) in [6.07, 6.45) is 2.75. The Bertz CT molecular complexity index is 373. The molecule has 0 amide bonds. The van der Waals surface area contributed by atoms with Gasteiger partial charge in [-0.1, -0.05) is 12.1 Å². The van der Waals surface area contributed by atoms with Crippen molar-refractivity contribution in [3.8, 4) is 5.75 Å². The molecular formula is C16H27ClN2O. The maximum Gasteiger partial charge on any atom is 0.119 e. The van der Waals surface area contributed by atoms with Crippen molar-refractivity contribution in [2.45, 2.75) is 45.4 Å². The van der Waals surface area contributed by atoms with Crippen LogP contribution in [0.3, 0.4) is 0 Å². The number of ether oxygens (including phenoxy) is 1. The van der Waals surface area contributed by atoms with Crippen LogP contribution < -0.4 is 10.1 Å². The van der Waals surface area contributed by atoms with E-state index in [-0.39, 0.29) is 18.5 Å². The van der Waals surface area contributed by atoms with Gasteiger partial charge < -0.3 is 10.1 Å². The van der Waals surface area contributed by atoms with Crippen LogP contribution in [0.25, 0.3) is 0 Å². The molecule has 4 heteroatoms. The highest BCUT2D eigenvalue weighted by Gasteiger charge is 2.17. The van der Waals surface area contributed by atoms with Crippen LogP contribution in [0, 0.1) is 0 Å². The Morgan fingerprint density at radius 1 is 1.20 bits per heavy atom. The van der Waals surface area contributed by atoms with Crippen LogP contribution in [0.4, 0.5) is 0 Å². The zero-order chi connectivity index (χ0) is 13.7. The van der Waals surface area contributed by atoms with Gasteiger partial charge in [0, 0.05) is 12.6 Å². The van der Waals surface area contributed by atoms with Gasteiger partial charge in [0.05, 0.1) is 6.10 Å². The number of nitrogens with zero attached hydrogens (tertiary/aromatic N) is 1. The Labute approximate surface area is 129 Å². The second-order valence-electron chi connectivity index (χ2n) is 5.65. The van der Waals surface area contributed by atoms with E-state index in [9.17, 15) is 0 Å². The minimum absolute atomic E-state index is 0. The first-order chi connectivity index (χ1) is 9.17. The molecule has 0 unspecified atom stereocenters. The molecular weight excluding hydrogens is 272 g/mol. The topological polar surface area (TPSA) is 24.5 Å². The van der Waals surface area contributed by atoms with E-state index >= 15 is 0 Å². The van der Waals surface area contributed by atoms with Crippen LogP contribution in [-0.2, 0) is 6.54 Å². The lowest BCUT2D eigenvalue weighted by Crippen LogP contribution is -2.40. The molecule has 0 spiro atoms. The average Bonchev–Trinajstić information content (AvgIpc) is 2.41. The fraction of sp³-hybridized carbons (Fsp3) is 0.625. The molecule has 1 N–H and O–H groups in total. The van der Waals surface area contributed by atoms with Crippen molar-refractivity contribution in [1.82, 2.24) is 10.2 Å². The Morgan fingerprint density at radius 3 is 2.30 bits per heavy atom. The quantitative estimate of drug-likeness (QED) is 0.904. The molecule has 1 fully saturated rings. The van der Waals surface area contributed by atoms with Gasteiger partial charge in [0.2, 0.25) is 0 Å². The highest BCUT2D eigenvalue weighted by molar-refractivity contribution is 5.85. The van der Waals surface area contributed by atoms with Crippen molar-refractivity contribution in [3.05, 3.63) is 29.8 Å². The number of hydrogen-bond acceptors (Lipinski definition) is 3. The lowest BCUT2D eigenvalue weighted by molar-refractivity contribution is 0.194. The minimum Gasteiger partial charge on any atom is -0.491 e. The molecule has 0 bridgehead atoms. The van der Waals surface area contributed by atoms with Crippen LogP contribution in [-0.4, -0.2) is 37.2 Å². The molecule has 1 saturated heterocycles. The van der Waals surface area contributed by atoms with Crippen molar-refractivity contribution < 1.29 is 4.74 Å². The number of nitrogens with one attached hydrogen (secondary N) is 1. The Morgan fingerprint density at radius 2 is 1.80 bits per heavy atom. The van der Waals surface area contributed by atoms with E-state index in [0.717, 1.165) is 12.3 Å². The van der Waals surface area contributed by atoms with Crippen molar-refractivity contribution in [1.29, 1.82) is 0 Å². The van der Waals surface area contributed by atoms with Crippen LogP contribution in [0.15, 0.2) is 24.3 Å². The summed E-state index contributed by atoms with van der Waals surface area (Å²) in [4.78, 5) is 2.53. The molecule has 1 aromatic carbocycles. The van der Waals surface area contributed by atoms with Gasteiger partial charge in [0.25, 0.3) is 0 Å². The second-order valence-corrected chi connectivity index (χ2v) is 5.65. The molecule has 2 rings (SSSR count). The predicted octanol–water partition coefficient (Wildman–Crippen LogP) is 3.08. The Kier molecular flexibility index (Phi) is 7.35. The molecule has 0 atom stereocenters. The average molecular weight is 299 g/mol. The lowest BCUT2D eigenvalue weighted by Gasteiger charge is -2.31. The van der Waals surface area contributed by atoms with Crippen molar-refractivity contribution in [3.63, 3.8) is 0 Å². The normalized spacial score (nSPS) is 17.0. The first-order valence-electron chi connectivity index (χ1n) is 7.32. The summed E-state index contributed by atoms with van der Waals surface area (Å²) < 4.78 is 5.67. The van der Waals surface area contributed by atoms with Gasteiger partial charge in [-0.2, -0.15) is 0 Å². The summed E-state index contributed by atoms with van der Waals surface area (Å²) in [5.74, 6) is 0.965. The maximum absolute atomic E-state index is 5.67. The SMILES string of the molecule is CNC1CCN(Cc2ccc(OC(C)C)cc2)CC1.Cl. The van der Waals surface area contributed by atoms with Gasteiger partial charge in [-0.25, -0.2) is 0 Å². The van der Waals surface area contributed by atoms with Crippen molar-refractivity contribution >= 4 is 12.4 Å². The van der Waals surface area contributed by atoms with Crippen LogP contribution in [0.1, 0.15) is 32.3 Å². The van der Waals surface area contributed by atoms with E-state index in [1.807, 2.05) is 0 Å². The highest BCUT2D eigenvalue weighted by Crippen LogP contribution is 2.17. The highest BCUT2D eigenvalue weighted by atomic mass is 35.5. The summed E-state index contributed by atoms with van der Waals surface area (Å²) >= 11 is 0. The van der Waals surface area contributed by atoms with Gasteiger partial charge in [-0.05, 0) is 64.5 Å². The molecule has 20 heavy (non-hydrogen) atoms. The van der Waals surface area contributed by atoms with E-state index < -0.39 is 0 Å². The molecule has 1 aliphatic rings. The largest absolute Gasteiger partial charge is 0.491 e. The number of benzene rings is 1. The molecule has 1 aromatic rings. The zero-order valence-corrected chi connectivity index (χ0v) is 13.6. The molecule has 1 aliphatic heterocycles. The molecule has 1 heterocycles. The maximum atomic E-state index is 5.67. The number of rotatable bonds is 5. The Hall–Kier alpha value is -0.770. The third-order valence-electron chi connectivity index (χ3n) is 3.70. The van der Waals surface area contributed by atoms with Crippen molar-refractivity contribution in [2.75, 3.05) is 20.1 Å². The molecule has 3 nitrogen and oxygen atoms in total. The van der Waals surface area contributed by atoms with Crippen LogP contribution in [0.5, 0.6) is 5.75 Å². The molecule has 114 valence electrons. The third kappa shape index (κ3) is 5.31. The van der Waals surface area contributed by atoms with E-state index in [1.165, 1.54) is 31.5 Å². The van der Waals surface area contributed by atoms with Crippen molar-refractivity contribution in [2.24, 2.45) is 0 Å². The summed E-state index contributed by atoms with van der Waals surface area (Å²) in [5, 5.41) is 3.37. The summed E-state index contributed by atoms with van der Waals surface area (Å²) in [7, 11) is 2.06. The number of halogens is 1. The standard InChI is InChI=1S/C16H26N2O.ClH/c1-13(2)19-16-6-4-14(5-7-16)12-18-10-8-15(17-3)9-11-18;/h4-7,13,15,17H,8-12H2,1-3H3;1H. The predicted molar refractivity (Wildman–Crippen MR) is 86.8 cm³/mol. The zero-order valence-electron chi connectivity index (χ0n) is 12.8. The van der Waals surface area contributed by atoms with Crippen LogP contribution >= 0.6 is 12.4 Å². The molecule has 0 aliphatic carbocycles. The fourth-order valence-corrected chi connectivity index (χ4v) is 2.58. The first-order valence-corrected chi connectivity index (χ1v) is 7.32. The third-order valence-corrected chi connectivity index (χ3v) is 3.70. The van der Waals surface area contributed by atoms with Gasteiger partial charge in [0.15, 0.2) is 0 Å². The smallest absolute Gasteiger partial charge is 0.119 e. The van der Waals surface area contributed by atoms with Gasteiger partial charge in [-0.15, -0.1) is 12.4 Å². The number of piperidine rings is 1. The Balaban J connectivity index is 0.00000200. The van der Waals surface area contributed by atoms with Crippen LogP contribution in [0.2, 0.25) is 0 Å². The summed E-state index contributed by atoms with van der Waals surface area (Å²) in [6, 6.07) is 9.23. The number of likely N-dealkylation sites (tertiary alicyclic amines) is 1. The van der Waals surface area contributed by atoms with E-state index in [0.29, 0.717) is 6.04 Å². The summed E-state index contributed by atoms with van der Waals surface area (Å²) in [5.41, 5.74) is 1.37.